The van der Waals surface area contributed by atoms with Crippen LogP contribution in [-0.4, -0.2) is 39.6 Å². The minimum absolute atomic E-state index is 0.223. The van der Waals surface area contributed by atoms with E-state index < -0.39 is 12.1 Å². The zero-order valence-electron chi connectivity index (χ0n) is 11.7. The lowest BCUT2D eigenvalue weighted by Crippen LogP contribution is -2.50. The Bertz CT molecular complexity index is 508. The zero-order valence-corrected chi connectivity index (χ0v) is 11.7. The third-order valence-corrected chi connectivity index (χ3v) is 4.32. The van der Waals surface area contributed by atoms with Gasteiger partial charge in [0.05, 0.1) is 12.6 Å². The quantitative estimate of drug-likeness (QED) is 0.842. The standard InChI is InChI=1S/C14H21N3O3/c1-8(18)12(15)14(19)17-6-5-11-10(7-17)16-13(20-11)9-3-2-4-9/h8-9,12,18H,2-7,15H2,1H3/t8-,12+/m1/s1. The number of oxazole rings is 1. The number of hydrogen-bond acceptors (Lipinski definition) is 5. The van der Waals surface area contributed by atoms with Crippen LogP contribution in [0.2, 0.25) is 0 Å². The number of carbonyl (C=O) groups is 1. The van der Waals surface area contributed by atoms with Gasteiger partial charge in [0.1, 0.15) is 17.5 Å². The molecule has 2 atom stereocenters. The molecular weight excluding hydrogens is 258 g/mol. The van der Waals surface area contributed by atoms with Crippen LogP contribution in [0.5, 0.6) is 0 Å². The Hall–Kier alpha value is -1.40. The average molecular weight is 279 g/mol. The highest BCUT2D eigenvalue weighted by molar-refractivity contribution is 5.82. The molecule has 6 heteroatoms. The van der Waals surface area contributed by atoms with Gasteiger partial charge in [-0.2, -0.15) is 0 Å². The molecule has 2 heterocycles. The number of aromatic nitrogens is 1. The van der Waals surface area contributed by atoms with Crippen molar-refractivity contribution >= 4 is 5.91 Å². The maximum absolute atomic E-state index is 12.1. The summed E-state index contributed by atoms with van der Waals surface area (Å²) in [4.78, 5) is 18.3. The van der Waals surface area contributed by atoms with Crippen LogP contribution in [0.1, 0.15) is 49.4 Å². The van der Waals surface area contributed by atoms with Crippen LogP contribution < -0.4 is 5.73 Å². The first-order valence-electron chi connectivity index (χ1n) is 7.27. The minimum atomic E-state index is -0.866. The van der Waals surface area contributed by atoms with E-state index in [2.05, 4.69) is 4.98 Å². The highest BCUT2D eigenvalue weighted by Crippen LogP contribution is 2.37. The summed E-state index contributed by atoms with van der Waals surface area (Å²) in [7, 11) is 0. The molecule has 0 saturated heterocycles. The Labute approximate surface area is 118 Å². The van der Waals surface area contributed by atoms with Crippen LogP contribution in [0.25, 0.3) is 0 Å². The lowest BCUT2D eigenvalue weighted by molar-refractivity contribution is -0.135. The van der Waals surface area contributed by atoms with Gasteiger partial charge in [0.15, 0.2) is 5.89 Å². The molecule has 6 nitrogen and oxygen atoms in total. The summed E-state index contributed by atoms with van der Waals surface area (Å²) in [5.74, 6) is 1.97. The SMILES string of the molecule is C[C@@H](O)[C@H](N)C(=O)N1CCc2oc(C3CCC3)nc2C1. The van der Waals surface area contributed by atoms with Gasteiger partial charge in [-0.1, -0.05) is 6.42 Å². The number of aliphatic hydroxyl groups is 1. The molecule has 1 amide bonds. The third kappa shape index (κ3) is 2.33. The summed E-state index contributed by atoms with van der Waals surface area (Å²) in [5.41, 5.74) is 6.56. The van der Waals surface area contributed by atoms with E-state index in [1.807, 2.05) is 0 Å². The minimum Gasteiger partial charge on any atom is -0.445 e. The summed E-state index contributed by atoms with van der Waals surface area (Å²) in [6.45, 7) is 2.54. The molecule has 0 bridgehead atoms. The summed E-state index contributed by atoms with van der Waals surface area (Å²) < 4.78 is 5.82. The molecule has 0 radical (unpaired) electrons. The fourth-order valence-corrected chi connectivity index (χ4v) is 2.65. The number of hydrogen-bond donors (Lipinski definition) is 2. The molecule has 1 aromatic rings. The van der Waals surface area contributed by atoms with Crippen molar-refractivity contribution in [1.29, 1.82) is 0 Å². The fraction of sp³-hybridized carbons (Fsp3) is 0.714. The molecule has 0 unspecified atom stereocenters. The van der Waals surface area contributed by atoms with E-state index in [-0.39, 0.29) is 5.91 Å². The second-order valence-corrected chi connectivity index (χ2v) is 5.83. The predicted octanol–water partition coefficient (Wildman–Crippen LogP) is 0.535. The first-order valence-corrected chi connectivity index (χ1v) is 7.27. The summed E-state index contributed by atoms with van der Waals surface area (Å²) in [5, 5.41) is 9.43. The summed E-state index contributed by atoms with van der Waals surface area (Å²) in [6, 6.07) is -0.866. The Kier molecular flexibility index (Phi) is 3.52. The molecule has 1 aliphatic heterocycles. The topological polar surface area (TPSA) is 92.6 Å². The van der Waals surface area contributed by atoms with Gasteiger partial charge in [-0.15, -0.1) is 0 Å². The number of rotatable bonds is 3. The maximum atomic E-state index is 12.1. The van der Waals surface area contributed by atoms with Crippen molar-refractivity contribution in [3.8, 4) is 0 Å². The van der Waals surface area contributed by atoms with Gasteiger partial charge in [0.2, 0.25) is 5.91 Å². The van der Waals surface area contributed by atoms with E-state index in [0.29, 0.717) is 25.4 Å². The molecule has 1 saturated carbocycles. The van der Waals surface area contributed by atoms with Crippen molar-refractivity contribution < 1.29 is 14.3 Å². The largest absolute Gasteiger partial charge is 0.445 e. The van der Waals surface area contributed by atoms with Crippen LogP contribution in [0.4, 0.5) is 0 Å². The van der Waals surface area contributed by atoms with Crippen molar-refractivity contribution in [2.45, 2.75) is 57.2 Å². The molecule has 1 aliphatic carbocycles. The second-order valence-electron chi connectivity index (χ2n) is 5.83. The van der Waals surface area contributed by atoms with Crippen LogP contribution in [-0.2, 0) is 17.8 Å². The fourth-order valence-electron chi connectivity index (χ4n) is 2.65. The van der Waals surface area contributed by atoms with Crippen LogP contribution in [0.15, 0.2) is 4.42 Å². The Balaban J connectivity index is 1.71. The lowest BCUT2D eigenvalue weighted by atomic mass is 9.85. The number of fused-ring (bicyclic) bond motifs is 1. The van der Waals surface area contributed by atoms with Gasteiger partial charge in [0, 0.05) is 18.9 Å². The molecule has 3 N–H and O–H groups in total. The van der Waals surface area contributed by atoms with Crippen molar-refractivity contribution in [3.63, 3.8) is 0 Å². The molecule has 0 aromatic carbocycles. The number of nitrogens with zero attached hydrogens (tertiary/aromatic N) is 2. The molecule has 0 spiro atoms. The Morgan fingerprint density at radius 2 is 2.30 bits per heavy atom. The van der Waals surface area contributed by atoms with E-state index in [4.69, 9.17) is 10.2 Å². The van der Waals surface area contributed by atoms with Gasteiger partial charge in [-0.3, -0.25) is 4.79 Å². The van der Waals surface area contributed by atoms with Crippen LogP contribution in [0, 0.1) is 0 Å². The molecule has 110 valence electrons. The van der Waals surface area contributed by atoms with E-state index in [9.17, 15) is 9.90 Å². The van der Waals surface area contributed by atoms with Gasteiger partial charge in [0.25, 0.3) is 0 Å². The molecule has 3 rings (SSSR count). The number of aliphatic hydroxyl groups excluding tert-OH is 1. The zero-order chi connectivity index (χ0) is 14.3. The highest BCUT2D eigenvalue weighted by Gasteiger charge is 2.32. The molecule has 20 heavy (non-hydrogen) atoms. The average Bonchev–Trinajstić information content (AvgIpc) is 2.76. The first-order chi connectivity index (χ1) is 9.56. The molecule has 1 aromatic heterocycles. The van der Waals surface area contributed by atoms with E-state index >= 15 is 0 Å². The van der Waals surface area contributed by atoms with Gasteiger partial charge in [-0.05, 0) is 19.8 Å². The summed E-state index contributed by atoms with van der Waals surface area (Å²) in [6.07, 6.45) is 3.37. The summed E-state index contributed by atoms with van der Waals surface area (Å²) >= 11 is 0. The van der Waals surface area contributed by atoms with E-state index in [0.717, 1.165) is 30.2 Å². The Morgan fingerprint density at radius 3 is 2.90 bits per heavy atom. The van der Waals surface area contributed by atoms with Crippen LogP contribution in [0.3, 0.4) is 0 Å². The Morgan fingerprint density at radius 1 is 1.55 bits per heavy atom. The monoisotopic (exact) mass is 279 g/mol. The normalized spacial score (nSPS) is 22.1. The van der Waals surface area contributed by atoms with Gasteiger partial charge >= 0.3 is 0 Å². The second kappa shape index (κ2) is 5.18. The molecule has 1 fully saturated rings. The van der Waals surface area contributed by atoms with Crippen molar-refractivity contribution in [2.24, 2.45) is 5.73 Å². The lowest BCUT2D eigenvalue weighted by Gasteiger charge is -2.28. The van der Waals surface area contributed by atoms with Crippen molar-refractivity contribution in [1.82, 2.24) is 9.88 Å². The van der Waals surface area contributed by atoms with E-state index in [1.165, 1.54) is 13.3 Å². The predicted molar refractivity (Wildman–Crippen MR) is 71.9 cm³/mol. The molecule has 2 aliphatic rings. The van der Waals surface area contributed by atoms with Crippen molar-refractivity contribution in [3.05, 3.63) is 17.3 Å². The smallest absolute Gasteiger partial charge is 0.242 e. The van der Waals surface area contributed by atoms with Gasteiger partial charge < -0.3 is 20.2 Å². The van der Waals surface area contributed by atoms with E-state index in [1.54, 1.807) is 4.90 Å². The number of nitrogens with two attached hydrogens (primary N) is 1. The first kappa shape index (κ1) is 13.6. The van der Waals surface area contributed by atoms with Crippen LogP contribution >= 0.6 is 0 Å². The number of carbonyl (C=O) groups excluding carboxylic acids is 1. The highest BCUT2D eigenvalue weighted by atomic mass is 16.4. The third-order valence-electron chi connectivity index (χ3n) is 4.32. The molecular formula is C14H21N3O3. The van der Waals surface area contributed by atoms with Crippen molar-refractivity contribution in [2.75, 3.05) is 6.54 Å². The maximum Gasteiger partial charge on any atom is 0.242 e. The van der Waals surface area contributed by atoms with Gasteiger partial charge in [-0.25, -0.2) is 4.98 Å². The number of amides is 1.